The predicted molar refractivity (Wildman–Crippen MR) is 84.3 cm³/mol. The highest BCUT2D eigenvalue weighted by Gasteiger charge is 2.49. The fourth-order valence-corrected chi connectivity index (χ4v) is 5.73. The molecule has 1 spiro atoms. The van der Waals surface area contributed by atoms with E-state index in [9.17, 15) is 12.8 Å². The van der Waals surface area contributed by atoms with E-state index < -0.39 is 15.8 Å². The van der Waals surface area contributed by atoms with Gasteiger partial charge in [0, 0.05) is 19.0 Å². The number of hydrogen-bond donors (Lipinski definition) is 0. The van der Waals surface area contributed by atoms with Crippen LogP contribution in [0, 0.1) is 5.82 Å². The normalized spacial score (nSPS) is 19.5. The van der Waals surface area contributed by atoms with Crippen LogP contribution in [0.25, 0.3) is 0 Å². The van der Waals surface area contributed by atoms with Crippen LogP contribution in [0.5, 0.6) is 0 Å². The number of rotatable bonds is 2. The maximum Gasteiger partial charge on any atom is 0.281 e. The van der Waals surface area contributed by atoms with Crippen LogP contribution >= 0.6 is 0 Å². The van der Waals surface area contributed by atoms with Gasteiger partial charge >= 0.3 is 0 Å². The van der Waals surface area contributed by atoms with Crippen molar-refractivity contribution >= 4 is 15.7 Å². The molecule has 0 unspecified atom stereocenters. The zero-order valence-corrected chi connectivity index (χ0v) is 13.7. The minimum absolute atomic E-state index is 0.0850. The van der Waals surface area contributed by atoms with Crippen LogP contribution in [-0.2, 0) is 22.5 Å². The van der Waals surface area contributed by atoms with Gasteiger partial charge < -0.3 is 0 Å². The summed E-state index contributed by atoms with van der Waals surface area (Å²) < 4.78 is 43.2. The molecule has 1 aromatic heterocycles. The lowest BCUT2D eigenvalue weighted by molar-refractivity contribution is 0.476. The molecular formula is C16H18FN3O2S. The van der Waals surface area contributed by atoms with E-state index in [1.54, 1.807) is 13.1 Å². The van der Waals surface area contributed by atoms with Crippen LogP contribution in [0.15, 0.2) is 35.5 Å². The van der Waals surface area contributed by atoms with Crippen molar-refractivity contribution in [3.05, 3.63) is 41.8 Å². The van der Waals surface area contributed by atoms with Crippen LogP contribution in [0.2, 0.25) is 0 Å². The molecular weight excluding hydrogens is 317 g/mol. The van der Waals surface area contributed by atoms with Crippen molar-refractivity contribution < 1.29 is 12.8 Å². The van der Waals surface area contributed by atoms with Crippen molar-refractivity contribution in [2.75, 3.05) is 10.8 Å². The van der Waals surface area contributed by atoms with Crippen LogP contribution in [0.4, 0.5) is 10.1 Å². The van der Waals surface area contributed by atoms with Gasteiger partial charge in [-0.05, 0) is 30.5 Å². The highest BCUT2D eigenvalue weighted by molar-refractivity contribution is 7.92. The summed E-state index contributed by atoms with van der Waals surface area (Å²) in [5, 5.41) is 4.02. The van der Waals surface area contributed by atoms with E-state index in [0.717, 1.165) is 31.2 Å². The first-order valence-corrected chi connectivity index (χ1v) is 9.19. The lowest BCUT2D eigenvalue weighted by Crippen LogP contribution is -2.36. The Balaban J connectivity index is 1.91. The second-order valence-corrected chi connectivity index (χ2v) is 8.24. The molecule has 2 heterocycles. The second kappa shape index (κ2) is 4.80. The van der Waals surface area contributed by atoms with Crippen LogP contribution in [-0.4, -0.2) is 24.7 Å². The molecule has 23 heavy (non-hydrogen) atoms. The van der Waals surface area contributed by atoms with Gasteiger partial charge in [0.25, 0.3) is 10.0 Å². The Morgan fingerprint density at radius 2 is 1.96 bits per heavy atom. The maximum atomic E-state index is 14.5. The summed E-state index contributed by atoms with van der Waals surface area (Å²) >= 11 is 0. The first-order chi connectivity index (χ1) is 11.0. The van der Waals surface area contributed by atoms with Gasteiger partial charge in [-0.25, -0.2) is 4.39 Å². The lowest BCUT2D eigenvalue weighted by atomic mass is 9.81. The fraction of sp³-hybridized carbons (Fsp3) is 0.438. The van der Waals surface area contributed by atoms with Gasteiger partial charge in [-0.3, -0.25) is 8.99 Å². The van der Waals surface area contributed by atoms with Crippen molar-refractivity contribution in [3.63, 3.8) is 0 Å². The number of hydrogen-bond acceptors (Lipinski definition) is 3. The first-order valence-electron chi connectivity index (χ1n) is 7.75. The third-order valence-corrected chi connectivity index (χ3v) is 6.97. The predicted octanol–water partition coefficient (Wildman–Crippen LogP) is 2.58. The Bertz CT molecular complexity index is 869. The molecule has 0 atom stereocenters. The molecule has 0 bridgehead atoms. The molecule has 0 saturated heterocycles. The number of para-hydroxylation sites is 1. The zero-order valence-electron chi connectivity index (χ0n) is 12.9. The number of anilines is 1. The highest BCUT2D eigenvalue weighted by atomic mass is 32.2. The van der Waals surface area contributed by atoms with Gasteiger partial charge in [-0.1, -0.05) is 25.0 Å². The molecule has 2 aromatic rings. The SMILES string of the molecule is Cn1nccc1S(=O)(=O)N1CC2(CCCC2)c2cccc(F)c21. The van der Waals surface area contributed by atoms with Gasteiger partial charge in [-0.2, -0.15) is 13.5 Å². The molecule has 0 radical (unpaired) electrons. The van der Waals surface area contributed by atoms with E-state index in [0.29, 0.717) is 6.54 Å². The molecule has 7 heteroatoms. The summed E-state index contributed by atoms with van der Waals surface area (Å²) in [5.41, 5.74) is 0.805. The van der Waals surface area contributed by atoms with E-state index in [4.69, 9.17) is 0 Å². The number of fused-ring (bicyclic) bond motifs is 2. The van der Waals surface area contributed by atoms with Crippen molar-refractivity contribution in [1.29, 1.82) is 0 Å². The quantitative estimate of drug-likeness (QED) is 0.848. The molecule has 1 saturated carbocycles. The van der Waals surface area contributed by atoms with Gasteiger partial charge in [0.1, 0.15) is 5.82 Å². The number of sulfonamides is 1. The lowest BCUT2D eigenvalue weighted by Gasteiger charge is -2.25. The number of aromatic nitrogens is 2. The van der Waals surface area contributed by atoms with Crippen LogP contribution in [0.1, 0.15) is 31.2 Å². The topological polar surface area (TPSA) is 55.2 Å². The average molecular weight is 335 g/mol. The minimum atomic E-state index is -3.83. The standard InChI is InChI=1S/C16H18FN3O2S/c1-19-14(7-10-18-19)23(21,22)20-11-16(8-2-3-9-16)12-5-4-6-13(17)15(12)20/h4-7,10H,2-3,8-9,11H2,1H3. The number of halogens is 1. The molecule has 1 aliphatic carbocycles. The minimum Gasteiger partial charge on any atom is -0.261 e. The Kier molecular flexibility index (Phi) is 3.07. The van der Waals surface area contributed by atoms with E-state index in [1.165, 1.54) is 27.3 Å². The summed E-state index contributed by atoms with van der Waals surface area (Å²) in [4.78, 5) is 0. The fourth-order valence-electron chi connectivity index (χ4n) is 4.05. The van der Waals surface area contributed by atoms with Gasteiger partial charge in [0.15, 0.2) is 5.03 Å². The van der Waals surface area contributed by atoms with Crippen LogP contribution in [0.3, 0.4) is 0 Å². The van der Waals surface area contributed by atoms with Crippen molar-refractivity contribution in [2.45, 2.75) is 36.1 Å². The molecule has 2 aliphatic rings. The summed E-state index contributed by atoms with van der Waals surface area (Å²) in [7, 11) is -2.25. The molecule has 5 nitrogen and oxygen atoms in total. The summed E-state index contributed by atoms with van der Waals surface area (Å²) in [5.74, 6) is -0.475. The first kappa shape index (κ1) is 14.7. The summed E-state index contributed by atoms with van der Waals surface area (Å²) in [6.45, 7) is 0.316. The van der Waals surface area contributed by atoms with Crippen molar-refractivity contribution in [1.82, 2.24) is 9.78 Å². The Morgan fingerprint density at radius 3 is 2.61 bits per heavy atom. The van der Waals surface area contributed by atoms with Gasteiger partial charge in [0.2, 0.25) is 0 Å². The molecule has 122 valence electrons. The number of aryl methyl sites for hydroxylation is 1. The van der Waals surface area contributed by atoms with Gasteiger partial charge in [-0.15, -0.1) is 0 Å². The highest BCUT2D eigenvalue weighted by Crippen LogP contribution is 2.52. The number of nitrogens with zero attached hydrogens (tertiary/aromatic N) is 3. The van der Waals surface area contributed by atoms with Crippen molar-refractivity contribution in [2.24, 2.45) is 7.05 Å². The number of benzene rings is 1. The van der Waals surface area contributed by atoms with Crippen molar-refractivity contribution in [3.8, 4) is 0 Å². The van der Waals surface area contributed by atoms with E-state index in [1.807, 2.05) is 6.07 Å². The molecule has 1 fully saturated rings. The van der Waals surface area contributed by atoms with E-state index in [-0.39, 0.29) is 16.1 Å². The van der Waals surface area contributed by atoms with Gasteiger partial charge in [0.05, 0.1) is 11.9 Å². The zero-order chi connectivity index (χ0) is 16.2. The van der Waals surface area contributed by atoms with E-state index in [2.05, 4.69) is 5.10 Å². The maximum absolute atomic E-state index is 14.5. The summed E-state index contributed by atoms with van der Waals surface area (Å²) in [6.07, 6.45) is 5.35. The third-order valence-electron chi connectivity index (χ3n) is 5.14. The Labute approximate surface area is 134 Å². The monoisotopic (exact) mass is 335 g/mol. The smallest absolute Gasteiger partial charge is 0.261 e. The molecule has 1 aliphatic heterocycles. The largest absolute Gasteiger partial charge is 0.281 e. The third kappa shape index (κ3) is 1.95. The van der Waals surface area contributed by atoms with E-state index >= 15 is 0 Å². The Hall–Kier alpha value is -1.89. The molecule has 0 N–H and O–H groups in total. The average Bonchev–Trinajstić information content (AvgIpc) is 3.21. The van der Waals surface area contributed by atoms with Crippen LogP contribution < -0.4 is 4.31 Å². The molecule has 1 aromatic carbocycles. The second-order valence-electron chi connectivity index (χ2n) is 6.43. The Morgan fingerprint density at radius 1 is 1.22 bits per heavy atom. The molecule has 4 rings (SSSR count). The molecule has 0 amide bonds. The summed E-state index contributed by atoms with van der Waals surface area (Å²) in [6, 6.07) is 6.34.